The van der Waals surface area contributed by atoms with Gasteiger partial charge in [0.15, 0.2) is 0 Å². The molecule has 0 radical (unpaired) electrons. The van der Waals surface area contributed by atoms with Crippen molar-refractivity contribution in [3.8, 4) is 11.3 Å². The highest BCUT2D eigenvalue weighted by molar-refractivity contribution is 6.30. The zero-order valence-electron chi connectivity index (χ0n) is 13.3. The summed E-state index contributed by atoms with van der Waals surface area (Å²) in [7, 11) is 0. The summed E-state index contributed by atoms with van der Waals surface area (Å²) in [6.45, 7) is 1.82. The minimum Gasteiger partial charge on any atom is -0.277 e. The Balaban J connectivity index is 1.73. The molecule has 0 aliphatic rings. The predicted molar refractivity (Wildman–Crippen MR) is 95.1 cm³/mol. The summed E-state index contributed by atoms with van der Waals surface area (Å²) in [6.07, 6.45) is 1.40. The van der Waals surface area contributed by atoms with E-state index in [2.05, 4.69) is 21.0 Å². The number of aromatic nitrogens is 2. The van der Waals surface area contributed by atoms with Crippen molar-refractivity contribution < 1.29 is 9.59 Å². The fourth-order valence-electron chi connectivity index (χ4n) is 2.37. The summed E-state index contributed by atoms with van der Waals surface area (Å²) in [5.41, 5.74) is 7.75. The highest BCUT2D eigenvalue weighted by Crippen LogP contribution is 2.22. The van der Waals surface area contributed by atoms with Crippen LogP contribution in [0.25, 0.3) is 11.3 Å². The SMILES string of the molecule is Cc1ccccc1C(=O)NNC(=O)c1cn[nH]c1-c1ccc(Cl)cc1. The molecule has 0 unspecified atom stereocenters. The number of halogens is 1. The van der Waals surface area contributed by atoms with E-state index in [-0.39, 0.29) is 5.91 Å². The molecule has 0 aliphatic carbocycles. The maximum Gasteiger partial charge on any atom is 0.273 e. The van der Waals surface area contributed by atoms with Crippen molar-refractivity contribution in [3.05, 3.63) is 76.4 Å². The number of nitrogens with zero attached hydrogens (tertiary/aromatic N) is 1. The number of carbonyl (C=O) groups is 2. The van der Waals surface area contributed by atoms with Gasteiger partial charge in [0.1, 0.15) is 0 Å². The first-order valence-corrected chi connectivity index (χ1v) is 7.89. The number of benzene rings is 2. The highest BCUT2D eigenvalue weighted by atomic mass is 35.5. The second-order valence-electron chi connectivity index (χ2n) is 5.39. The van der Waals surface area contributed by atoms with E-state index >= 15 is 0 Å². The molecule has 25 heavy (non-hydrogen) atoms. The molecule has 0 aliphatic heterocycles. The van der Waals surface area contributed by atoms with Crippen molar-refractivity contribution in [3.63, 3.8) is 0 Å². The third kappa shape index (κ3) is 3.70. The molecular formula is C18H15ClN4O2. The van der Waals surface area contributed by atoms with Gasteiger partial charge in [-0.25, -0.2) is 0 Å². The second-order valence-corrected chi connectivity index (χ2v) is 5.83. The third-order valence-corrected chi connectivity index (χ3v) is 3.95. The van der Waals surface area contributed by atoms with Gasteiger partial charge in [0, 0.05) is 16.1 Å². The fraction of sp³-hybridized carbons (Fsp3) is 0.0556. The van der Waals surface area contributed by atoms with Crippen molar-refractivity contribution in [2.24, 2.45) is 0 Å². The largest absolute Gasteiger partial charge is 0.277 e. The number of hydrogen-bond acceptors (Lipinski definition) is 3. The fourth-order valence-corrected chi connectivity index (χ4v) is 2.50. The monoisotopic (exact) mass is 354 g/mol. The summed E-state index contributed by atoms with van der Waals surface area (Å²) < 4.78 is 0. The van der Waals surface area contributed by atoms with Gasteiger partial charge in [0.25, 0.3) is 11.8 Å². The van der Waals surface area contributed by atoms with E-state index in [9.17, 15) is 9.59 Å². The van der Waals surface area contributed by atoms with Gasteiger partial charge in [-0.3, -0.25) is 25.5 Å². The number of amides is 2. The molecule has 0 spiro atoms. The Bertz CT molecular complexity index is 919. The molecule has 3 N–H and O–H groups in total. The summed E-state index contributed by atoms with van der Waals surface area (Å²) in [5.74, 6) is -0.858. The molecule has 2 amide bonds. The Kier molecular flexibility index (Phi) is 4.81. The Labute approximate surface area is 149 Å². The summed E-state index contributed by atoms with van der Waals surface area (Å²) in [5, 5.41) is 7.29. The van der Waals surface area contributed by atoms with Crippen molar-refractivity contribution in [2.45, 2.75) is 6.92 Å². The molecule has 0 atom stereocenters. The van der Waals surface area contributed by atoms with Crippen LogP contribution in [0.15, 0.2) is 54.7 Å². The highest BCUT2D eigenvalue weighted by Gasteiger charge is 2.16. The van der Waals surface area contributed by atoms with Crippen LogP contribution < -0.4 is 10.9 Å². The lowest BCUT2D eigenvalue weighted by Crippen LogP contribution is -2.41. The van der Waals surface area contributed by atoms with E-state index in [1.807, 2.05) is 19.1 Å². The molecule has 2 aromatic carbocycles. The average Bonchev–Trinajstić information content (AvgIpc) is 3.10. The molecule has 0 saturated heterocycles. The quantitative estimate of drug-likeness (QED) is 0.631. The Morgan fingerprint density at radius 3 is 2.28 bits per heavy atom. The van der Waals surface area contributed by atoms with E-state index in [1.54, 1.807) is 36.4 Å². The summed E-state index contributed by atoms with van der Waals surface area (Å²) in [4.78, 5) is 24.5. The zero-order chi connectivity index (χ0) is 17.8. The maximum absolute atomic E-state index is 12.4. The van der Waals surface area contributed by atoms with Gasteiger partial charge >= 0.3 is 0 Å². The van der Waals surface area contributed by atoms with E-state index in [0.717, 1.165) is 11.1 Å². The Morgan fingerprint density at radius 1 is 0.960 bits per heavy atom. The molecule has 0 bridgehead atoms. The number of aromatic amines is 1. The van der Waals surface area contributed by atoms with E-state index in [4.69, 9.17) is 11.6 Å². The third-order valence-electron chi connectivity index (χ3n) is 3.70. The van der Waals surface area contributed by atoms with Gasteiger partial charge in [-0.2, -0.15) is 5.10 Å². The first-order valence-electron chi connectivity index (χ1n) is 7.52. The van der Waals surface area contributed by atoms with E-state index in [1.165, 1.54) is 6.20 Å². The molecular weight excluding hydrogens is 340 g/mol. The standard InChI is InChI=1S/C18H15ClN4O2/c1-11-4-2-3-5-14(11)17(24)22-23-18(25)15-10-20-21-16(15)12-6-8-13(19)9-7-12/h2-10H,1H3,(H,20,21)(H,22,24)(H,23,25). The Morgan fingerprint density at radius 2 is 1.60 bits per heavy atom. The number of H-pyrrole nitrogens is 1. The maximum atomic E-state index is 12.4. The summed E-state index contributed by atoms with van der Waals surface area (Å²) >= 11 is 5.88. The minimum atomic E-state index is -0.472. The van der Waals surface area contributed by atoms with Crippen LogP contribution in [-0.4, -0.2) is 22.0 Å². The topological polar surface area (TPSA) is 86.9 Å². The molecule has 126 valence electrons. The van der Waals surface area contributed by atoms with Crippen LogP contribution in [0.1, 0.15) is 26.3 Å². The summed E-state index contributed by atoms with van der Waals surface area (Å²) in [6, 6.07) is 14.1. The first-order chi connectivity index (χ1) is 12.1. The lowest BCUT2D eigenvalue weighted by Gasteiger charge is -2.09. The number of hydrogen-bond donors (Lipinski definition) is 3. The van der Waals surface area contributed by atoms with Crippen LogP contribution in [-0.2, 0) is 0 Å². The van der Waals surface area contributed by atoms with Gasteiger partial charge in [0.05, 0.1) is 17.5 Å². The van der Waals surface area contributed by atoms with Gasteiger partial charge in [-0.05, 0) is 30.7 Å². The van der Waals surface area contributed by atoms with Gasteiger partial charge in [0.2, 0.25) is 0 Å². The van der Waals surface area contributed by atoms with Crippen molar-refractivity contribution in [2.75, 3.05) is 0 Å². The van der Waals surface area contributed by atoms with E-state index < -0.39 is 5.91 Å². The van der Waals surface area contributed by atoms with Crippen LogP contribution in [0.4, 0.5) is 0 Å². The minimum absolute atomic E-state index is 0.312. The van der Waals surface area contributed by atoms with Crippen molar-refractivity contribution in [1.82, 2.24) is 21.0 Å². The van der Waals surface area contributed by atoms with Crippen LogP contribution in [0.3, 0.4) is 0 Å². The van der Waals surface area contributed by atoms with Gasteiger partial charge in [-0.1, -0.05) is 41.9 Å². The van der Waals surface area contributed by atoms with Crippen LogP contribution in [0, 0.1) is 6.92 Å². The molecule has 7 heteroatoms. The Hall–Kier alpha value is -3.12. The predicted octanol–water partition coefficient (Wildman–Crippen LogP) is 3.11. The molecule has 1 heterocycles. The molecule has 1 aromatic heterocycles. The van der Waals surface area contributed by atoms with E-state index in [0.29, 0.717) is 21.8 Å². The van der Waals surface area contributed by atoms with Crippen molar-refractivity contribution >= 4 is 23.4 Å². The van der Waals surface area contributed by atoms with Crippen LogP contribution >= 0.6 is 11.6 Å². The lowest BCUT2D eigenvalue weighted by atomic mass is 10.1. The smallest absolute Gasteiger partial charge is 0.273 e. The molecule has 3 aromatic rings. The van der Waals surface area contributed by atoms with Gasteiger partial charge in [-0.15, -0.1) is 0 Å². The number of rotatable bonds is 3. The van der Waals surface area contributed by atoms with Crippen LogP contribution in [0.2, 0.25) is 5.02 Å². The molecule has 3 rings (SSSR count). The zero-order valence-corrected chi connectivity index (χ0v) is 14.1. The molecule has 0 fully saturated rings. The molecule has 0 saturated carbocycles. The normalized spacial score (nSPS) is 10.3. The lowest BCUT2D eigenvalue weighted by molar-refractivity contribution is 0.0846. The number of hydrazine groups is 1. The molecule has 6 nitrogen and oxygen atoms in total. The number of carbonyl (C=O) groups excluding carboxylic acids is 2. The second kappa shape index (κ2) is 7.19. The van der Waals surface area contributed by atoms with Crippen LogP contribution in [0.5, 0.6) is 0 Å². The van der Waals surface area contributed by atoms with Crippen molar-refractivity contribution in [1.29, 1.82) is 0 Å². The average molecular weight is 355 g/mol. The first kappa shape index (κ1) is 16.7. The number of aryl methyl sites for hydroxylation is 1. The van der Waals surface area contributed by atoms with Gasteiger partial charge < -0.3 is 0 Å². The number of nitrogens with one attached hydrogen (secondary N) is 3.